The molecule has 2 aromatic carbocycles. The minimum Gasteiger partial charge on any atom is -0.493 e. The van der Waals surface area contributed by atoms with Crippen molar-refractivity contribution in [1.29, 1.82) is 0 Å². The van der Waals surface area contributed by atoms with Crippen molar-refractivity contribution in [2.45, 2.75) is 12.6 Å². The minimum absolute atomic E-state index is 0.0839. The number of rotatable bonds is 9. The smallest absolute Gasteiger partial charge is 0.416 e. The van der Waals surface area contributed by atoms with Gasteiger partial charge in [0.15, 0.2) is 5.75 Å². The first-order valence-corrected chi connectivity index (χ1v) is 9.74. The Bertz CT molecular complexity index is 813. The van der Waals surface area contributed by atoms with E-state index in [0.717, 1.165) is 12.1 Å². The molecule has 0 spiro atoms. The molecule has 10 heteroatoms. The van der Waals surface area contributed by atoms with Gasteiger partial charge < -0.3 is 14.2 Å². The molecule has 29 heavy (non-hydrogen) atoms. The number of ether oxygens (including phenoxy) is 3. The second-order valence-corrected chi connectivity index (χ2v) is 7.42. The molecule has 2 aromatic rings. The zero-order valence-corrected chi connectivity index (χ0v) is 17.8. The fourth-order valence-corrected chi connectivity index (χ4v) is 2.82. The van der Waals surface area contributed by atoms with Crippen molar-refractivity contribution in [3.05, 3.63) is 62.6 Å². The van der Waals surface area contributed by atoms with Gasteiger partial charge in [-0.15, -0.1) is 0 Å². The number of alkyl halides is 3. The Morgan fingerprint density at radius 3 is 2.00 bits per heavy atom. The predicted molar refractivity (Wildman–Crippen MR) is 109 cm³/mol. The molecule has 158 valence electrons. The molecule has 3 nitrogen and oxygen atoms in total. The van der Waals surface area contributed by atoms with Crippen molar-refractivity contribution in [2.75, 3.05) is 19.8 Å². The van der Waals surface area contributed by atoms with Gasteiger partial charge in [0, 0.05) is 18.6 Å². The summed E-state index contributed by atoms with van der Waals surface area (Å²) in [5, 5.41) is 0.522. The third kappa shape index (κ3) is 8.05. The fraction of sp³-hybridized carbons (Fsp3) is 0.263. The lowest BCUT2D eigenvalue weighted by Crippen LogP contribution is -2.07. The van der Waals surface area contributed by atoms with Crippen LogP contribution in [0.15, 0.2) is 47.0 Å². The van der Waals surface area contributed by atoms with Crippen LogP contribution in [0.3, 0.4) is 0 Å². The number of hydrogen-bond acceptors (Lipinski definition) is 3. The number of hydrogen-bond donors (Lipinski definition) is 0. The normalized spacial score (nSPS) is 11.1. The SMILES string of the molecule is FC(F)(F)c1ccc(OCCCOc2c(Cl)cc(OCC=C(Cl)Cl)cc2Cl)cc1. The van der Waals surface area contributed by atoms with E-state index < -0.39 is 11.7 Å². The van der Waals surface area contributed by atoms with E-state index in [2.05, 4.69) is 0 Å². The van der Waals surface area contributed by atoms with Crippen LogP contribution in [0, 0.1) is 0 Å². The summed E-state index contributed by atoms with van der Waals surface area (Å²) in [5.74, 6) is 1.05. The van der Waals surface area contributed by atoms with Gasteiger partial charge in [0.1, 0.15) is 22.6 Å². The molecule has 0 radical (unpaired) electrons. The average Bonchev–Trinajstić information content (AvgIpc) is 2.62. The first-order valence-electron chi connectivity index (χ1n) is 8.22. The van der Waals surface area contributed by atoms with Crippen LogP contribution in [0.1, 0.15) is 12.0 Å². The highest BCUT2D eigenvalue weighted by Crippen LogP contribution is 2.37. The molecule has 0 fully saturated rings. The number of benzene rings is 2. The van der Waals surface area contributed by atoms with Gasteiger partial charge in [-0.1, -0.05) is 46.4 Å². The lowest BCUT2D eigenvalue weighted by atomic mass is 10.2. The molecule has 0 saturated heterocycles. The molecule has 0 amide bonds. The Balaban J connectivity index is 1.79. The third-order valence-electron chi connectivity index (χ3n) is 3.44. The predicted octanol–water partition coefficient (Wildman–Crippen LogP) is 7.56. The quantitative estimate of drug-likeness (QED) is 0.340. The van der Waals surface area contributed by atoms with E-state index in [0.29, 0.717) is 23.7 Å². The maximum absolute atomic E-state index is 12.5. The van der Waals surface area contributed by atoms with Crippen LogP contribution in [0.25, 0.3) is 0 Å². The van der Waals surface area contributed by atoms with Gasteiger partial charge in [0.25, 0.3) is 0 Å². The van der Waals surface area contributed by atoms with Crippen LogP contribution in [0.4, 0.5) is 13.2 Å². The summed E-state index contributed by atoms with van der Waals surface area (Å²) in [4.78, 5) is 0. The molecule has 0 N–H and O–H groups in total. The molecular weight excluding hydrogens is 475 g/mol. The average molecular weight is 490 g/mol. The second-order valence-electron chi connectivity index (χ2n) is 5.59. The van der Waals surface area contributed by atoms with E-state index in [1.807, 2.05) is 0 Å². The highest BCUT2D eigenvalue weighted by Gasteiger charge is 2.30. The summed E-state index contributed by atoms with van der Waals surface area (Å²) in [5.41, 5.74) is -0.730. The second kappa shape index (κ2) is 11.1. The first kappa shape index (κ1) is 23.8. The van der Waals surface area contributed by atoms with E-state index in [1.54, 1.807) is 0 Å². The summed E-state index contributed by atoms with van der Waals surface area (Å²) >= 11 is 23.3. The lowest BCUT2D eigenvalue weighted by Gasteiger charge is -2.13. The van der Waals surface area contributed by atoms with Crippen LogP contribution >= 0.6 is 46.4 Å². The summed E-state index contributed by atoms with van der Waals surface area (Å²) in [7, 11) is 0. The van der Waals surface area contributed by atoms with Crippen molar-refractivity contribution in [1.82, 2.24) is 0 Å². The van der Waals surface area contributed by atoms with Gasteiger partial charge in [-0.3, -0.25) is 0 Å². The molecular formula is C19H15Cl4F3O3. The Labute approximate surface area is 185 Å². The molecule has 0 aliphatic carbocycles. The van der Waals surface area contributed by atoms with Crippen molar-refractivity contribution in [2.24, 2.45) is 0 Å². The minimum atomic E-state index is -4.38. The highest BCUT2D eigenvalue weighted by molar-refractivity contribution is 6.55. The maximum atomic E-state index is 12.5. The third-order valence-corrected chi connectivity index (χ3v) is 4.31. The summed E-state index contributed by atoms with van der Waals surface area (Å²) in [6, 6.07) is 7.54. The van der Waals surface area contributed by atoms with E-state index in [1.165, 1.54) is 30.3 Å². The standard InChI is InChI=1S/C19H15Cl4F3O3/c20-15-10-14(28-9-6-17(22)23)11-16(21)18(15)29-8-1-7-27-13-4-2-12(3-5-13)19(24,25)26/h2-6,10-11H,1,7-9H2. The van der Waals surface area contributed by atoms with Gasteiger partial charge in [-0.25, -0.2) is 0 Å². The van der Waals surface area contributed by atoms with Crippen LogP contribution < -0.4 is 14.2 Å². The molecule has 0 aromatic heterocycles. The van der Waals surface area contributed by atoms with Crippen molar-refractivity contribution >= 4 is 46.4 Å². The summed E-state index contributed by atoms with van der Waals surface area (Å²) < 4.78 is 54.0. The largest absolute Gasteiger partial charge is 0.493 e. The first-order chi connectivity index (χ1) is 13.7. The van der Waals surface area contributed by atoms with Crippen LogP contribution in [0.2, 0.25) is 10.0 Å². The Morgan fingerprint density at radius 2 is 1.45 bits per heavy atom. The van der Waals surface area contributed by atoms with Crippen molar-refractivity contribution < 1.29 is 27.4 Å². The molecule has 0 aliphatic heterocycles. The van der Waals surface area contributed by atoms with E-state index in [-0.39, 0.29) is 34.4 Å². The Hall–Kier alpha value is -1.47. The maximum Gasteiger partial charge on any atom is 0.416 e. The van der Waals surface area contributed by atoms with Gasteiger partial charge >= 0.3 is 6.18 Å². The van der Waals surface area contributed by atoms with Gasteiger partial charge in [-0.05, 0) is 30.3 Å². The molecule has 0 bridgehead atoms. The van der Waals surface area contributed by atoms with Gasteiger partial charge in [0.2, 0.25) is 0 Å². The van der Waals surface area contributed by atoms with Crippen LogP contribution in [-0.2, 0) is 6.18 Å². The monoisotopic (exact) mass is 488 g/mol. The van der Waals surface area contributed by atoms with Crippen LogP contribution in [0.5, 0.6) is 17.2 Å². The Kier molecular flexibility index (Phi) is 9.08. The van der Waals surface area contributed by atoms with Crippen molar-refractivity contribution in [3.8, 4) is 17.2 Å². The number of halogens is 7. The molecule has 0 atom stereocenters. The van der Waals surface area contributed by atoms with E-state index >= 15 is 0 Å². The molecule has 0 aliphatic rings. The summed E-state index contributed by atoms with van der Waals surface area (Å²) in [6.45, 7) is 0.634. The van der Waals surface area contributed by atoms with Crippen molar-refractivity contribution in [3.63, 3.8) is 0 Å². The van der Waals surface area contributed by atoms with Crippen LogP contribution in [-0.4, -0.2) is 19.8 Å². The molecule has 0 saturated carbocycles. The Morgan fingerprint density at radius 1 is 0.862 bits per heavy atom. The lowest BCUT2D eigenvalue weighted by molar-refractivity contribution is -0.137. The van der Waals surface area contributed by atoms with E-state index in [9.17, 15) is 13.2 Å². The molecule has 0 heterocycles. The molecule has 2 rings (SSSR count). The van der Waals surface area contributed by atoms with Gasteiger partial charge in [-0.2, -0.15) is 13.2 Å². The zero-order chi connectivity index (χ0) is 21.4. The fourth-order valence-electron chi connectivity index (χ4n) is 2.12. The summed E-state index contributed by atoms with van der Waals surface area (Å²) in [6.07, 6.45) is -2.45. The van der Waals surface area contributed by atoms with Gasteiger partial charge in [0.05, 0.1) is 28.8 Å². The highest BCUT2D eigenvalue weighted by atomic mass is 35.5. The topological polar surface area (TPSA) is 27.7 Å². The molecule has 0 unspecified atom stereocenters. The zero-order valence-electron chi connectivity index (χ0n) is 14.7. The van der Waals surface area contributed by atoms with E-state index in [4.69, 9.17) is 60.6 Å².